The average molecular weight is 266 g/mol. The lowest BCUT2D eigenvalue weighted by Crippen LogP contribution is -2.58. The van der Waals surface area contributed by atoms with Gasteiger partial charge in [-0.3, -0.25) is 5.41 Å². The number of rotatable bonds is 1. The Morgan fingerprint density at radius 2 is 2.00 bits per heavy atom. The van der Waals surface area contributed by atoms with Crippen LogP contribution in [0.15, 0.2) is 4.99 Å². The van der Waals surface area contributed by atoms with Gasteiger partial charge in [0.15, 0.2) is 0 Å². The molecular weight excluding hydrogens is 244 g/mol. The molecule has 1 amide bonds. The van der Waals surface area contributed by atoms with Crippen LogP contribution in [0.2, 0.25) is 0 Å². The van der Waals surface area contributed by atoms with E-state index in [9.17, 15) is 4.79 Å². The fraction of sp³-hybridized carbons (Fsp3) is 0.769. The van der Waals surface area contributed by atoms with Crippen LogP contribution in [0.25, 0.3) is 0 Å². The Kier molecular flexibility index (Phi) is 4.07. The number of nitrogens with one attached hydrogen (secondary N) is 1. The molecule has 6 nitrogen and oxygen atoms in total. The molecule has 19 heavy (non-hydrogen) atoms. The molecule has 106 valence electrons. The summed E-state index contributed by atoms with van der Waals surface area (Å²) >= 11 is 0. The maximum Gasteiger partial charge on any atom is 0.409 e. The molecule has 3 atom stereocenters. The highest BCUT2D eigenvalue weighted by molar-refractivity contribution is 5.81. The van der Waals surface area contributed by atoms with Gasteiger partial charge in [-0.1, -0.05) is 0 Å². The van der Waals surface area contributed by atoms with E-state index in [4.69, 9.17) is 10.1 Å². The summed E-state index contributed by atoms with van der Waals surface area (Å²) in [7, 11) is 3.32. The number of ether oxygens (including phenoxy) is 1. The summed E-state index contributed by atoms with van der Waals surface area (Å²) in [5.41, 5.74) is 0. The van der Waals surface area contributed by atoms with E-state index in [2.05, 4.69) is 11.7 Å². The van der Waals surface area contributed by atoms with E-state index in [1.807, 2.05) is 16.8 Å². The van der Waals surface area contributed by atoms with Gasteiger partial charge in [-0.2, -0.15) is 0 Å². The van der Waals surface area contributed by atoms with E-state index in [-0.39, 0.29) is 30.2 Å². The Labute approximate surface area is 113 Å². The summed E-state index contributed by atoms with van der Waals surface area (Å²) in [4.78, 5) is 19.3. The van der Waals surface area contributed by atoms with Crippen molar-refractivity contribution >= 4 is 18.8 Å². The highest BCUT2D eigenvalue weighted by Crippen LogP contribution is 2.36. The Balaban J connectivity index is 2.11. The molecule has 2 heterocycles. The third kappa shape index (κ3) is 2.57. The van der Waals surface area contributed by atoms with Gasteiger partial charge in [-0.15, -0.1) is 0 Å². The van der Waals surface area contributed by atoms with E-state index in [1.54, 1.807) is 0 Å². The van der Waals surface area contributed by atoms with Gasteiger partial charge in [0.25, 0.3) is 0 Å². The minimum absolute atomic E-state index is 0.203. The topological polar surface area (TPSA) is 69.0 Å². The van der Waals surface area contributed by atoms with Crippen LogP contribution in [0.5, 0.6) is 0 Å². The summed E-state index contributed by atoms with van der Waals surface area (Å²) in [6.45, 7) is 3.40. The van der Waals surface area contributed by atoms with E-state index in [1.165, 1.54) is 7.11 Å². The van der Waals surface area contributed by atoms with Crippen LogP contribution >= 0.6 is 0 Å². The van der Waals surface area contributed by atoms with Crippen molar-refractivity contribution in [2.45, 2.75) is 50.2 Å². The number of hydrogen-bond donors (Lipinski definition) is 1. The third-order valence-electron chi connectivity index (χ3n) is 4.37. The fourth-order valence-electron chi connectivity index (χ4n) is 3.36. The number of methoxy groups -OCH3 is 1. The quantitative estimate of drug-likeness (QED) is 0.580. The molecule has 2 aliphatic rings. The summed E-state index contributed by atoms with van der Waals surface area (Å²) in [6, 6.07) is 0.712. The summed E-state index contributed by atoms with van der Waals surface area (Å²) in [5.74, 6) is 0.203. The molecule has 0 aliphatic carbocycles. The first-order valence-electron chi connectivity index (χ1n) is 6.72. The second-order valence-electron chi connectivity index (χ2n) is 5.33. The number of hydrogen-bond acceptors (Lipinski definition) is 3. The highest BCUT2D eigenvalue weighted by Gasteiger charge is 2.42. The van der Waals surface area contributed by atoms with Crippen molar-refractivity contribution in [3.05, 3.63) is 0 Å². The molecule has 2 rings (SSSR count). The van der Waals surface area contributed by atoms with Gasteiger partial charge in [0.1, 0.15) is 0 Å². The van der Waals surface area contributed by atoms with E-state index in [0.717, 1.165) is 32.1 Å². The predicted molar refractivity (Wildman–Crippen MR) is 73.7 cm³/mol. The van der Waals surface area contributed by atoms with E-state index in [0.29, 0.717) is 0 Å². The molecule has 0 saturated carbocycles. The molecule has 0 aromatic carbocycles. The highest BCUT2D eigenvalue weighted by atomic mass is 16.5. The van der Waals surface area contributed by atoms with E-state index >= 15 is 0 Å². The average Bonchev–Trinajstić information content (AvgIpc) is 2.43. The lowest BCUT2D eigenvalue weighted by atomic mass is 9.81. The molecule has 2 saturated heterocycles. The molecule has 2 aliphatic heterocycles. The van der Waals surface area contributed by atoms with Gasteiger partial charge < -0.3 is 14.5 Å². The van der Waals surface area contributed by atoms with Gasteiger partial charge in [0, 0.05) is 25.2 Å². The van der Waals surface area contributed by atoms with Crippen LogP contribution in [0.1, 0.15) is 32.1 Å². The lowest BCUT2D eigenvalue weighted by Gasteiger charge is -2.49. The standard InChI is InChI=1S/C13H22N4O2/c1-15-12(14)16(2)11-7-9-5-4-6-10(8-11)17(9)13(18)19-3/h9-11,14H,1,4-8H2,2-3H3/t9-,10+,11-. The van der Waals surface area contributed by atoms with Gasteiger partial charge in [-0.05, 0) is 38.8 Å². The maximum absolute atomic E-state index is 11.9. The van der Waals surface area contributed by atoms with Gasteiger partial charge >= 0.3 is 6.09 Å². The molecule has 0 unspecified atom stereocenters. The number of piperidine rings is 2. The first-order valence-corrected chi connectivity index (χ1v) is 6.72. The minimum Gasteiger partial charge on any atom is -0.453 e. The van der Waals surface area contributed by atoms with Crippen molar-refractivity contribution in [2.24, 2.45) is 4.99 Å². The predicted octanol–water partition coefficient (Wildman–Crippen LogP) is 1.71. The zero-order chi connectivity index (χ0) is 14.0. The number of aliphatic imine (C=N–C) groups is 1. The fourth-order valence-corrected chi connectivity index (χ4v) is 3.36. The Morgan fingerprint density at radius 3 is 2.47 bits per heavy atom. The van der Waals surface area contributed by atoms with Crippen LogP contribution < -0.4 is 0 Å². The second kappa shape index (κ2) is 5.59. The number of nitrogens with zero attached hydrogens (tertiary/aromatic N) is 3. The second-order valence-corrected chi connectivity index (χ2v) is 5.33. The van der Waals surface area contributed by atoms with Crippen molar-refractivity contribution < 1.29 is 9.53 Å². The zero-order valence-electron chi connectivity index (χ0n) is 11.6. The Hall–Kier alpha value is -1.59. The molecule has 0 aromatic heterocycles. The van der Waals surface area contributed by atoms with E-state index < -0.39 is 0 Å². The zero-order valence-corrected chi connectivity index (χ0v) is 11.6. The van der Waals surface area contributed by atoms with Crippen molar-refractivity contribution in [2.75, 3.05) is 14.2 Å². The first kappa shape index (κ1) is 13.8. The molecule has 0 aromatic rings. The van der Waals surface area contributed by atoms with Gasteiger partial charge in [0.2, 0.25) is 5.96 Å². The van der Waals surface area contributed by atoms with Gasteiger partial charge in [0.05, 0.1) is 7.11 Å². The monoisotopic (exact) mass is 266 g/mol. The summed E-state index contributed by atoms with van der Waals surface area (Å²) in [5, 5.41) is 7.75. The SMILES string of the molecule is C=NC(=N)N(C)[C@@H]1C[C@H]2CCC[C@@H](C1)N2C(=O)OC. The number of amides is 1. The van der Waals surface area contributed by atoms with Crippen LogP contribution in [-0.2, 0) is 4.74 Å². The molecule has 0 spiro atoms. The summed E-state index contributed by atoms with van der Waals surface area (Å²) < 4.78 is 4.89. The third-order valence-corrected chi connectivity index (χ3v) is 4.37. The normalized spacial score (nSPS) is 29.6. The maximum atomic E-state index is 11.9. The van der Waals surface area contributed by atoms with Crippen LogP contribution in [0, 0.1) is 5.41 Å². The molecule has 2 bridgehead atoms. The largest absolute Gasteiger partial charge is 0.453 e. The Morgan fingerprint density at radius 1 is 1.42 bits per heavy atom. The number of fused-ring (bicyclic) bond motifs is 2. The van der Waals surface area contributed by atoms with Crippen LogP contribution in [0.4, 0.5) is 4.79 Å². The lowest BCUT2D eigenvalue weighted by molar-refractivity contribution is 0.0111. The van der Waals surface area contributed by atoms with Crippen LogP contribution in [-0.4, -0.2) is 60.9 Å². The van der Waals surface area contributed by atoms with Crippen LogP contribution in [0.3, 0.4) is 0 Å². The molecule has 0 radical (unpaired) electrons. The van der Waals surface area contributed by atoms with Crippen molar-refractivity contribution in [1.82, 2.24) is 9.80 Å². The number of guanidine groups is 1. The number of carbonyl (C=O) groups is 1. The molecule has 1 N–H and O–H groups in total. The molecule has 2 fully saturated rings. The van der Waals surface area contributed by atoms with Gasteiger partial charge in [-0.25, -0.2) is 9.79 Å². The number of carbonyl (C=O) groups excluding carboxylic acids is 1. The molecular formula is C13H22N4O2. The Bertz CT molecular complexity index is 371. The minimum atomic E-state index is -0.215. The summed E-state index contributed by atoms with van der Waals surface area (Å²) in [6.07, 6.45) is 4.74. The first-order chi connectivity index (χ1) is 9.08. The van der Waals surface area contributed by atoms with Crippen molar-refractivity contribution in [1.29, 1.82) is 5.41 Å². The van der Waals surface area contributed by atoms with Crippen molar-refractivity contribution in [3.8, 4) is 0 Å². The molecule has 6 heteroatoms. The van der Waals surface area contributed by atoms with Crippen molar-refractivity contribution in [3.63, 3.8) is 0 Å². The smallest absolute Gasteiger partial charge is 0.409 e.